The zero-order valence-electron chi connectivity index (χ0n) is 23.2. The van der Waals surface area contributed by atoms with Gasteiger partial charge in [-0.2, -0.15) is 18.3 Å². The van der Waals surface area contributed by atoms with Gasteiger partial charge in [-0.15, -0.1) is 5.10 Å². The third-order valence-electron chi connectivity index (χ3n) is 8.15. The average Bonchev–Trinajstić information content (AvgIpc) is 3.73. The maximum Gasteiger partial charge on any atom is 0.490 e. The third kappa shape index (κ3) is 6.97. The Morgan fingerprint density at radius 1 is 1.02 bits per heavy atom. The number of halogens is 3. The van der Waals surface area contributed by atoms with Crippen molar-refractivity contribution in [2.24, 2.45) is 0 Å². The van der Waals surface area contributed by atoms with Gasteiger partial charge in [0.2, 0.25) is 5.91 Å². The molecule has 2 saturated carbocycles. The van der Waals surface area contributed by atoms with Crippen LogP contribution in [0.25, 0.3) is 0 Å². The first-order valence-electron chi connectivity index (χ1n) is 14.4. The lowest BCUT2D eigenvalue weighted by atomic mass is 9.93. The molecule has 1 amide bonds. The van der Waals surface area contributed by atoms with Crippen LogP contribution in [-0.4, -0.2) is 64.6 Å². The number of hydrogen-bond donors (Lipinski definition) is 2. The van der Waals surface area contributed by atoms with E-state index in [9.17, 15) is 18.0 Å². The molecule has 0 spiro atoms. The van der Waals surface area contributed by atoms with Gasteiger partial charge in [0.1, 0.15) is 6.04 Å². The highest BCUT2D eigenvalue weighted by Crippen LogP contribution is 2.36. The summed E-state index contributed by atoms with van der Waals surface area (Å²) >= 11 is 0. The first kappa shape index (κ1) is 29.7. The molecule has 1 aliphatic heterocycles. The molecule has 2 aromatic heterocycles. The Hall–Kier alpha value is -3.81. The number of nitrogens with zero attached hydrogens (tertiary/aromatic N) is 7. The van der Waals surface area contributed by atoms with Crippen LogP contribution in [0.2, 0.25) is 0 Å². The normalized spacial score (nSPS) is 18.5. The molecule has 14 heteroatoms. The van der Waals surface area contributed by atoms with E-state index in [0.29, 0.717) is 31.6 Å². The fraction of sp³-hybridized carbons (Fsp3) is 0.571. The standard InChI is InChI=1S/C26H34N8O.C2HF3O2/c35-24-12-5-15-32(24)18-20-7-3-6-19(16-20)17-27-25(23-13-14-28-33(23)21-10-4-11-21)26-29-30-31-34(26)22-8-1-2-9-22;3-2(4,5)1(6)7/h3,6-7,13-14,16,21-22,25,27H,1-2,4-5,8-12,15,17-18H2;(H,6,7). The molecule has 3 aliphatic rings. The van der Waals surface area contributed by atoms with Gasteiger partial charge in [0.05, 0.1) is 17.8 Å². The summed E-state index contributed by atoms with van der Waals surface area (Å²) in [6, 6.07) is 11.3. The molecule has 42 heavy (non-hydrogen) atoms. The number of aromatic nitrogens is 6. The van der Waals surface area contributed by atoms with Crippen molar-refractivity contribution in [1.29, 1.82) is 0 Å². The maximum atomic E-state index is 12.1. The summed E-state index contributed by atoms with van der Waals surface area (Å²) in [5.74, 6) is -1.62. The number of rotatable bonds is 9. The van der Waals surface area contributed by atoms with E-state index in [1.165, 1.54) is 43.2 Å². The number of tetrazole rings is 1. The van der Waals surface area contributed by atoms with Gasteiger partial charge in [-0.05, 0) is 66.1 Å². The van der Waals surface area contributed by atoms with Gasteiger partial charge in [-0.25, -0.2) is 9.48 Å². The number of carboxylic acid groups (broad SMARTS) is 1. The summed E-state index contributed by atoms with van der Waals surface area (Å²) in [5, 5.41) is 28.6. The topological polar surface area (TPSA) is 131 Å². The quantitative estimate of drug-likeness (QED) is 0.378. The smallest absolute Gasteiger partial charge is 0.475 e. The molecule has 226 valence electrons. The second-order valence-electron chi connectivity index (χ2n) is 11.1. The fourth-order valence-corrected chi connectivity index (χ4v) is 5.77. The summed E-state index contributed by atoms with van der Waals surface area (Å²) in [6.07, 6.45) is 6.78. The van der Waals surface area contributed by atoms with E-state index >= 15 is 0 Å². The first-order chi connectivity index (χ1) is 20.2. The Kier molecular flexibility index (Phi) is 9.19. The molecule has 2 aliphatic carbocycles. The number of carbonyl (C=O) groups is 2. The highest BCUT2D eigenvalue weighted by atomic mass is 19.4. The highest BCUT2D eigenvalue weighted by Gasteiger charge is 2.38. The van der Waals surface area contributed by atoms with E-state index < -0.39 is 12.1 Å². The Morgan fingerprint density at radius 3 is 2.36 bits per heavy atom. The molecule has 2 N–H and O–H groups in total. The predicted octanol–water partition coefficient (Wildman–Crippen LogP) is 4.34. The summed E-state index contributed by atoms with van der Waals surface area (Å²) in [4.78, 5) is 22.9. The molecule has 3 heterocycles. The van der Waals surface area contributed by atoms with Gasteiger partial charge in [0, 0.05) is 32.3 Å². The molecule has 3 aromatic rings. The van der Waals surface area contributed by atoms with Crippen LogP contribution in [0.1, 0.15) is 98.6 Å². The molecule has 1 aromatic carbocycles. The van der Waals surface area contributed by atoms with Crippen LogP contribution >= 0.6 is 0 Å². The second-order valence-corrected chi connectivity index (χ2v) is 11.1. The number of nitrogens with one attached hydrogen (secondary N) is 1. The largest absolute Gasteiger partial charge is 0.490 e. The Bertz CT molecular complexity index is 1360. The van der Waals surface area contributed by atoms with Gasteiger partial charge in [0.25, 0.3) is 0 Å². The number of likely N-dealkylation sites (tertiary alicyclic amines) is 1. The Balaban J connectivity index is 0.000000451. The second kappa shape index (κ2) is 13.0. The SMILES string of the molecule is O=C(O)C(F)(F)F.O=C1CCCN1Cc1cccc(CNC(c2ccnn2C2CCC2)c2nnnn2C2CCCC2)c1. The van der Waals surface area contributed by atoms with Crippen molar-refractivity contribution in [3.63, 3.8) is 0 Å². The van der Waals surface area contributed by atoms with Crippen molar-refractivity contribution in [3.8, 4) is 0 Å². The number of aliphatic carboxylic acids is 1. The molecule has 3 fully saturated rings. The number of benzene rings is 1. The average molecular weight is 589 g/mol. The number of amides is 1. The lowest BCUT2D eigenvalue weighted by molar-refractivity contribution is -0.192. The first-order valence-corrected chi connectivity index (χ1v) is 14.4. The maximum absolute atomic E-state index is 12.1. The molecule has 1 unspecified atom stereocenters. The van der Waals surface area contributed by atoms with Gasteiger partial charge in [-0.1, -0.05) is 37.1 Å². The minimum Gasteiger partial charge on any atom is -0.475 e. The molecular formula is C28H35F3N8O3. The van der Waals surface area contributed by atoms with E-state index in [2.05, 4.69) is 60.5 Å². The van der Waals surface area contributed by atoms with Crippen LogP contribution in [0, 0.1) is 0 Å². The van der Waals surface area contributed by atoms with Crippen molar-refractivity contribution in [1.82, 2.24) is 40.2 Å². The lowest BCUT2D eigenvalue weighted by Crippen LogP contribution is -2.31. The van der Waals surface area contributed by atoms with E-state index in [1.54, 1.807) is 0 Å². The van der Waals surface area contributed by atoms with Crippen molar-refractivity contribution >= 4 is 11.9 Å². The van der Waals surface area contributed by atoms with E-state index in [0.717, 1.165) is 37.3 Å². The van der Waals surface area contributed by atoms with Crippen LogP contribution in [0.4, 0.5) is 13.2 Å². The van der Waals surface area contributed by atoms with Crippen LogP contribution < -0.4 is 5.32 Å². The zero-order valence-corrected chi connectivity index (χ0v) is 23.2. The van der Waals surface area contributed by atoms with Gasteiger partial charge < -0.3 is 10.0 Å². The number of alkyl halides is 3. The number of carbonyl (C=O) groups excluding carboxylic acids is 1. The summed E-state index contributed by atoms with van der Waals surface area (Å²) in [5.41, 5.74) is 3.49. The predicted molar refractivity (Wildman–Crippen MR) is 144 cm³/mol. The molecule has 1 atom stereocenters. The summed E-state index contributed by atoms with van der Waals surface area (Å²) in [6.45, 7) is 2.22. The van der Waals surface area contributed by atoms with E-state index in [4.69, 9.17) is 15.0 Å². The summed E-state index contributed by atoms with van der Waals surface area (Å²) < 4.78 is 36.0. The van der Waals surface area contributed by atoms with Crippen LogP contribution in [0.15, 0.2) is 36.5 Å². The minimum atomic E-state index is -5.08. The van der Waals surface area contributed by atoms with Crippen molar-refractivity contribution < 1.29 is 27.9 Å². The highest BCUT2D eigenvalue weighted by molar-refractivity contribution is 5.78. The van der Waals surface area contributed by atoms with Gasteiger partial charge >= 0.3 is 12.1 Å². The van der Waals surface area contributed by atoms with E-state index in [-0.39, 0.29) is 11.9 Å². The van der Waals surface area contributed by atoms with E-state index in [1.807, 2.05) is 11.1 Å². The van der Waals surface area contributed by atoms with Gasteiger partial charge in [0.15, 0.2) is 5.82 Å². The van der Waals surface area contributed by atoms with Crippen molar-refractivity contribution in [3.05, 3.63) is 59.2 Å². The molecule has 0 bridgehead atoms. The molecule has 0 radical (unpaired) electrons. The van der Waals surface area contributed by atoms with Crippen molar-refractivity contribution in [2.45, 2.75) is 95.2 Å². The molecule has 1 saturated heterocycles. The van der Waals surface area contributed by atoms with Crippen LogP contribution in [0.5, 0.6) is 0 Å². The number of hydrogen-bond acceptors (Lipinski definition) is 7. The molecule has 11 nitrogen and oxygen atoms in total. The lowest BCUT2D eigenvalue weighted by Gasteiger charge is -2.30. The van der Waals surface area contributed by atoms with Crippen molar-refractivity contribution in [2.75, 3.05) is 6.54 Å². The number of carboxylic acids is 1. The van der Waals surface area contributed by atoms with Crippen LogP contribution in [0.3, 0.4) is 0 Å². The molecule has 6 rings (SSSR count). The van der Waals surface area contributed by atoms with Crippen LogP contribution in [-0.2, 0) is 22.7 Å². The van der Waals surface area contributed by atoms with Gasteiger partial charge in [-0.3, -0.25) is 14.8 Å². The summed E-state index contributed by atoms with van der Waals surface area (Å²) in [7, 11) is 0. The molecular weight excluding hydrogens is 553 g/mol. The Morgan fingerprint density at radius 2 is 1.71 bits per heavy atom. The zero-order chi connectivity index (χ0) is 29.7. The monoisotopic (exact) mass is 588 g/mol. The fourth-order valence-electron chi connectivity index (χ4n) is 5.77. The third-order valence-corrected chi connectivity index (χ3v) is 8.15. The minimum absolute atomic E-state index is 0.141. The Labute approximate surface area is 241 Å².